The van der Waals surface area contributed by atoms with Gasteiger partial charge in [-0.05, 0) is 49.4 Å². The molecular formula is C15H22N2O3S. The van der Waals surface area contributed by atoms with E-state index in [2.05, 4.69) is 5.32 Å². The maximum Gasteiger partial charge on any atom is 0.242 e. The SMILES string of the molecule is Cc1cc(S(=O)(=O)N(C)C)cc(NC(=O)[C@@H]2C[C@H]2C)c1C. The summed E-state index contributed by atoms with van der Waals surface area (Å²) in [6.45, 7) is 5.77. The Balaban J connectivity index is 2.37. The van der Waals surface area contributed by atoms with Gasteiger partial charge in [-0.2, -0.15) is 0 Å². The van der Waals surface area contributed by atoms with Crippen LogP contribution in [0.15, 0.2) is 17.0 Å². The van der Waals surface area contributed by atoms with Crippen LogP contribution in [-0.4, -0.2) is 32.7 Å². The fourth-order valence-corrected chi connectivity index (χ4v) is 3.24. The van der Waals surface area contributed by atoms with E-state index in [1.165, 1.54) is 18.4 Å². The molecule has 1 aliphatic carbocycles. The monoisotopic (exact) mass is 310 g/mol. The third-order valence-electron chi connectivity index (χ3n) is 4.12. The zero-order valence-electron chi connectivity index (χ0n) is 13.1. The third kappa shape index (κ3) is 3.11. The Morgan fingerprint density at radius 3 is 2.33 bits per heavy atom. The molecule has 0 aliphatic heterocycles. The number of carbonyl (C=O) groups is 1. The minimum absolute atomic E-state index is 0.0237. The number of nitrogens with zero attached hydrogens (tertiary/aromatic N) is 1. The highest BCUT2D eigenvalue weighted by Gasteiger charge is 2.39. The molecular weight excluding hydrogens is 288 g/mol. The van der Waals surface area contributed by atoms with Gasteiger partial charge in [-0.25, -0.2) is 12.7 Å². The molecule has 1 amide bonds. The first-order valence-corrected chi connectivity index (χ1v) is 8.43. The normalized spacial score (nSPS) is 21.4. The molecule has 2 atom stereocenters. The van der Waals surface area contributed by atoms with Crippen LogP contribution in [0.3, 0.4) is 0 Å². The number of carbonyl (C=O) groups excluding carboxylic acids is 1. The highest BCUT2D eigenvalue weighted by molar-refractivity contribution is 7.89. The van der Waals surface area contributed by atoms with Gasteiger partial charge in [0.15, 0.2) is 0 Å². The predicted molar refractivity (Wildman–Crippen MR) is 82.7 cm³/mol. The van der Waals surface area contributed by atoms with Crippen molar-refractivity contribution < 1.29 is 13.2 Å². The Labute approximate surface area is 126 Å². The second-order valence-electron chi connectivity index (χ2n) is 6.01. The van der Waals surface area contributed by atoms with Crippen LogP contribution in [0, 0.1) is 25.7 Å². The van der Waals surface area contributed by atoms with Gasteiger partial charge in [0.25, 0.3) is 0 Å². The molecule has 0 heterocycles. The molecule has 21 heavy (non-hydrogen) atoms. The Hall–Kier alpha value is -1.40. The average Bonchev–Trinajstić information content (AvgIpc) is 3.11. The molecule has 2 rings (SSSR count). The quantitative estimate of drug-likeness (QED) is 0.926. The van der Waals surface area contributed by atoms with E-state index in [4.69, 9.17) is 0 Å². The molecule has 0 radical (unpaired) electrons. The van der Waals surface area contributed by atoms with Crippen LogP contribution in [0.1, 0.15) is 24.5 Å². The molecule has 116 valence electrons. The zero-order chi connectivity index (χ0) is 15.9. The van der Waals surface area contributed by atoms with Crippen molar-refractivity contribution in [1.29, 1.82) is 0 Å². The van der Waals surface area contributed by atoms with Gasteiger partial charge in [0, 0.05) is 25.7 Å². The molecule has 6 heteroatoms. The molecule has 1 aromatic rings. The Morgan fingerprint density at radius 1 is 1.29 bits per heavy atom. The Kier molecular flexibility index (Phi) is 4.13. The van der Waals surface area contributed by atoms with Crippen LogP contribution in [0.5, 0.6) is 0 Å². The highest BCUT2D eigenvalue weighted by atomic mass is 32.2. The average molecular weight is 310 g/mol. The van der Waals surface area contributed by atoms with E-state index in [1.807, 2.05) is 20.8 Å². The van der Waals surface area contributed by atoms with Gasteiger partial charge in [-0.1, -0.05) is 6.92 Å². The minimum atomic E-state index is -3.51. The molecule has 0 spiro atoms. The fourth-order valence-electron chi connectivity index (χ4n) is 2.23. The molecule has 1 aliphatic rings. The Morgan fingerprint density at radius 2 is 1.86 bits per heavy atom. The summed E-state index contributed by atoms with van der Waals surface area (Å²) in [5.41, 5.74) is 2.32. The fraction of sp³-hybridized carbons (Fsp3) is 0.533. The predicted octanol–water partition coefficient (Wildman–Crippen LogP) is 2.15. The molecule has 1 saturated carbocycles. The van der Waals surface area contributed by atoms with Crippen molar-refractivity contribution in [1.82, 2.24) is 4.31 Å². The first kappa shape index (κ1) is 16.0. The summed E-state index contributed by atoms with van der Waals surface area (Å²) in [6, 6.07) is 3.18. The van der Waals surface area contributed by atoms with E-state index in [0.29, 0.717) is 11.6 Å². The van der Waals surface area contributed by atoms with Crippen LogP contribution in [0.25, 0.3) is 0 Å². The van der Waals surface area contributed by atoms with Crippen molar-refractivity contribution in [3.8, 4) is 0 Å². The van der Waals surface area contributed by atoms with Crippen molar-refractivity contribution in [2.45, 2.75) is 32.1 Å². The smallest absolute Gasteiger partial charge is 0.242 e. The molecule has 0 bridgehead atoms. The summed E-state index contributed by atoms with van der Waals surface area (Å²) < 4.78 is 25.7. The lowest BCUT2D eigenvalue weighted by Gasteiger charge is -2.16. The third-order valence-corrected chi connectivity index (χ3v) is 5.92. The summed E-state index contributed by atoms with van der Waals surface area (Å²) in [7, 11) is -0.518. The van der Waals surface area contributed by atoms with Crippen LogP contribution in [0.4, 0.5) is 5.69 Å². The van der Waals surface area contributed by atoms with Gasteiger partial charge in [-0.3, -0.25) is 4.79 Å². The summed E-state index contributed by atoms with van der Waals surface area (Å²) in [4.78, 5) is 12.3. The van der Waals surface area contributed by atoms with Crippen molar-refractivity contribution in [3.05, 3.63) is 23.3 Å². The zero-order valence-corrected chi connectivity index (χ0v) is 13.9. The van der Waals surface area contributed by atoms with Gasteiger partial charge in [0.1, 0.15) is 0 Å². The standard InChI is InChI=1S/C15H22N2O3S/c1-9-6-12(21(19,20)17(4)5)8-14(11(9)3)16-15(18)13-7-10(13)2/h6,8,10,13H,7H2,1-5H3,(H,16,18)/t10-,13-/m1/s1. The minimum Gasteiger partial charge on any atom is -0.326 e. The largest absolute Gasteiger partial charge is 0.326 e. The number of aryl methyl sites for hydroxylation is 1. The van der Waals surface area contributed by atoms with Gasteiger partial charge >= 0.3 is 0 Å². The number of sulfonamides is 1. The summed E-state index contributed by atoms with van der Waals surface area (Å²) in [5, 5.41) is 2.87. The molecule has 1 N–H and O–H groups in total. The summed E-state index contributed by atoms with van der Waals surface area (Å²) in [6.07, 6.45) is 0.902. The van der Waals surface area contributed by atoms with Crippen LogP contribution in [-0.2, 0) is 14.8 Å². The molecule has 0 unspecified atom stereocenters. The lowest BCUT2D eigenvalue weighted by molar-refractivity contribution is -0.117. The number of hydrogen-bond donors (Lipinski definition) is 1. The highest BCUT2D eigenvalue weighted by Crippen LogP contribution is 2.39. The number of hydrogen-bond acceptors (Lipinski definition) is 3. The molecule has 0 aromatic heterocycles. The van der Waals surface area contributed by atoms with Gasteiger partial charge in [-0.15, -0.1) is 0 Å². The van der Waals surface area contributed by atoms with Crippen molar-refractivity contribution in [3.63, 3.8) is 0 Å². The van der Waals surface area contributed by atoms with E-state index >= 15 is 0 Å². The van der Waals surface area contributed by atoms with E-state index in [-0.39, 0.29) is 16.7 Å². The van der Waals surface area contributed by atoms with Crippen LogP contribution < -0.4 is 5.32 Å². The Bertz CT molecular complexity index is 680. The second-order valence-corrected chi connectivity index (χ2v) is 8.16. The lowest BCUT2D eigenvalue weighted by atomic mass is 10.1. The van der Waals surface area contributed by atoms with Gasteiger partial charge in [0.05, 0.1) is 4.90 Å². The first-order chi connectivity index (χ1) is 9.64. The van der Waals surface area contributed by atoms with Crippen molar-refractivity contribution in [2.24, 2.45) is 11.8 Å². The van der Waals surface area contributed by atoms with E-state index in [1.54, 1.807) is 12.1 Å². The summed E-state index contributed by atoms with van der Waals surface area (Å²) in [5.74, 6) is 0.448. The number of benzene rings is 1. The molecule has 1 fully saturated rings. The summed E-state index contributed by atoms with van der Waals surface area (Å²) >= 11 is 0. The van der Waals surface area contributed by atoms with Crippen molar-refractivity contribution >= 4 is 21.6 Å². The van der Waals surface area contributed by atoms with Crippen LogP contribution in [0.2, 0.25) is 0 Å². The number of anilines is 1. The second kappa shape index (κ2) is 5.42. The number of rotatable bonds is 4. The maximum absolute atomic E-state index is 12.2. The molecule has 0 saturated heterocycles. The van der Waals surface area contributed by atoms with E-state index in [0.717, 1.165) is 17.5 Å². The maximum atomic E-state index is 12.2. The number of amides is 1. The van der Waals surface area contributed by atoms with Gasteiger partial charge < -0.3 is 5.32 Å². The van der Waals surface area contributed by atoms with Crippen LogP contribution >= 0.6 is 0 Å². The van der Waals surface area contributed by atoms with E-state index in [9.17, 15) is 13.2 Å². The van der Waals surface area contributed by atoms with Crippen molar-refractivity contribution in [2.75, 3.05) is 19.4 Å². The molecule has 1 aromatic carbocycles. The van der Waals surface area contributed by atoms with E-state index < -0.39 is 10.0 Å². The molecule has 5 nitrogen and oxygen atoms in total. The van der Waals surface area contributed by atoms with Gasteiger partial charge in [0.2, 0.25) is 15.9 Å². The first-order valence-electron chi connectivity index (χ1n) is 6.99. The lowest BCUT2D eigenvalue weighted by Crippen LogP contribution is -2.23. The topological polar surface area (TPSA) is 66.5 Å². The number of nitrogens with one attached hydrogen (secondary N) is 1.